The molecule has 2 aromatic rings. The van der Waals surface area contributed by atoms with Crippen LogP contribution in [0.1, 0.15) is 34.6 Å². The fraction of sp³-hybridized carbons (Fsp3) is 0.478. The van der Waals surface area contributed by atoms with Crippen molar-refractivity contribution in [1.29, 1.82) is 0 Å². The number of likely N-dealkylation sites (tertiary alicyclic amines) is 1. The van der Waals surface area contributed by atoms with Crippen LogP contribution in [0.2, 0.25) is 0 Å². The smallest absolute Gasteiger partial charge is 0.255 e. The normalized spacial score (nSPS) is 27.1. The minimum atomic E-state index is -0.561. The molecule has 7 nitrogen and oxygen atoms in total. The van der Waals surface area contributed by atoms with Crippen molar-refractivity contribution >= 4 is 5.91 Å². The molecule has 1 aromatic carbocycles. The molecule has 1 aliphatic carbocycles. The van der Waals surface area contributed by atoms with Crippen LogP contribution in [0.4, 0.5) is 0 Å². The quantitative estimate of drug-likeness (QED) is 0.838. The molecule has 3 aliphatic rings. The molecular weight excluding hydrogens is 384 g/mol. The van der Waals surface area contributed by atoms with E-state index in [0.29, 0.717) is 54.2 Å². The molecule has 2 aliphatic heterocycles. The number of aliphatic hydroxyl groups excluding tert-OH is 1. The van der Waals surface area contributed by atoms with E-state index in [1.807, 2.05) is 43.0 Å². The lowest BCUT2D eigenvalue weighted by Gasteiger charge is -2.35. The molecule has 2 fully saturated rings. The van der Waals surface area contributed by atoms with Gasteiger partial charge in [-0.3, -0.25) is 9.78 Å². The van der Waals surface area contributed by atoms with Crippen LogP contribution in [0.15, 0.2) is 30.3 Å². The Morgan fingerprint density at radius 1 is 1.10 bits per heavy atom. The largest absolute Gasteiger partial charge is 0.488 e. The molecule has 1 N–H and O–H groups in total. The lowest BCUT2D eigenvalue weighted by molar-refractivity contribution is -0.0232. The van der Waals surface area contributed by atoms with Gasteiger partial charge in [-0.1, -0.05) is 0 Å². The average Bonchev–Trinajstić information content (AvgIpc) is 3.34. The number of benzene rings is 1. The molecule has 7 heteroatoms. The van der Waals surface area contributed by atoms with E-state index in [1.165, 1.54) is 0 Å². The molecule has 3 heterocycles. The highest BCUT2D eigenvalue weighted by atomic mass is 16.7. The van der Waals surface area contributed by atoms with Crippen molar-refractivity contribution in [1.82, 2.24) is 9.88 Å². The van der Waals surface area contributed by atoms with Crippen molar-refractivity contribution in [3.63, 3.8) is 0 Å². The Balaban J connectivity index is 1.26. The Morgan fingerprint density at radius 3 is 2.67 bits per heavy atom. The van der Waals surface area contributed by atoms with Gasteiger partial charge in [0.25, 0.3) is 5.91 Å². The zero-order chi connectivity index (χ0) is 20.8. The van der Waals surface area contributed by atoms with E-state index < -0.39 is 6.10 Å². The molecule has 1 aromatic heterocycles. The van der Waals surface area contributed by atoms with Crippen molar-refractivity contribution in [3.05, 3.63) is 47.3 Å². The third-order valence-electron chi connectivity index (χ3n) is 6.46. The predicted molar refractivity (Wildman–Crippen MR) is 109 cm³/mol. The summed E-state index contributed by atoms with van der Waals surface area (Å²) in [7, 11) is 0. The Hall–Kier alpha value is -2.80. The standard InChI is InChI=1S/C23H26N2O5/c1-13-3-5-18(14(2)24-13)23(27)25-10-15-7-19(26)21(8-16(15)11-25)30-17-4-6-20-22(9-17)29-12-28-20/h3-6,9,15-16,19,21,26H,7-8,10-12H2,1-2H3/t15-,16+,19+,21+/m0/s1. The monoisotopic (exact) mass is 410 g/mol. The lowest BCUT2D eigenvalue weighted by Crippen LogP contribution is -2.42. The number of hydrogen-bond acceptors (Lipinski definition) is 6. The number of pyridine rings is 1. The first-order valence-electron chi connectivity index (χ1n) is 10.5. The van der Waals surface area contributed by atoms with Gasteiger partial charge in [-0.15, -0.1) is 0 Å². The molecule has 0 radical (unpaired) electrons. The Labute approximate surface area is 175 Å². The van der Waals surface area contributed by atoms with Gasteiger partial charge in [0.05, 0.1) is 17.4 Å². The molecule has 0 unspecified atom stereocenters. The maximum atomic E-state index is 13.1. The number of hydrogen-bond donors (Lipinski definition) is 1. The number of carbonyl (C=O) groups excluding carboxylic acids is 1. The SMILES string of the molecule is Cc1ccc(C(=O)N2C[C@H]3C[C@@H](Oc4ccc5c(c4)OCO5)[C@H](O)C[C@H]3C2)c(C)n1. The third kappa shape index (κ3) is 3.47. The van der Waals surface area contributed by atoms with Crippen LogP contribution in [-0.4, -0.2) is 53.0 Å². The lowest BCUT2D eigenvalue weighted by atomic mass is 9.78. The second-order valence-corrected chi connectivity index (χ2v) is 8.53. The topological polar surface area (TPSA) is 81.1 Å². The maximum absolute atomic E-state index is 13.1. The van der Waals surface area contributed by atoms with E-state index in [2.05, 4.69) is 4.98 Å². The summed E-state index contributed by atoms with van der Waals surface area (Å²) in [6.45, 7) is 5.37. The minimum Gasteiger partial charge on any atom is -0.488 e. The number of ether oxygens (including phenoxy) is 3. The summed E-state index contributed by atoms with van der Waals surface area (Å²) in [5.74, 6) is 2.66. The first-order valence-corrected chi connectivity index (χ1v) is 10.5. The molecule has 158 valence electrons. The zero-order valence-electron chi connectivity index (χ0n) is 17.2. The molecular formula is C23H26N2O5. The van der Waals surface area contributed by atoms with Crippen LogP contribution in [-0.2, 0) is 0 Å². The van der Waals surface area contributed by atoms with Gasteiger partial charge in [0.2, 0.25) is 6.79 Å². The Kier molecular flexibility index (Phi) is 4.77. The number of fused-ring (bicyclic) bond motifs is 2. The third-order valence-corrected chi connectivity index (χ3v) is 6.46. The van der Waals surface area contributed by atoms with Crippen LogP contribution in [0.5, 0.6) is 17.2 Å². The summed E-state index contributed by atoms with van der Waals surface area (Å²) in [6.07, 6.45) is 0.489. The van der Waals surface area contributed by atoms with E-state index in [0.717, 1.165) is 17.8 Å². The number of nitrogens with zero attached hydrogens (tertiary/aromatic N) is 2. The van der Waals surface area contributed by atoms with E-state index in [1.54, 1.807) is 6.07 Å². The van der Waals surface area contributed by atoms with Crippen LogP contribution in [0, 0.1) is 25.7 Å². The molecule has 5 rings (SSSR count). The fourth-order valence-corrected chi connectivity index (χ4v) is 4.89. The minimum absolute atomic E-state index is 0.0251. The summed E-state index contributed by atoms with van der Waals surface area (Å²) < 4.78 is 16.9. The first-order chi connectivity index (χ1) is 14.5. The molecule has 4 atom stereocenters. The number of carbonyl (C=O) groups is 1. The summed E-state index contributed by atoms with van der Waals surface area (Å²) in [5, 5.41) is 10.7. The van der Waals surface area contributed by atoms with Crippen LogP contribution < -0.4 is 14.2 Å². The van der Waals surface area contributed by atoms with Crippen molar-refractivity contribution in [2.75, 3.05) is 19.9 Å². The number of rotatable bonds is 3. The van der Waals surface area contributed by atoms with E-state index >= 15 is 0 Å². The van der Waals surface area contributed by atoms with Gasteiger partial charge in [-0.05, 0) is 62.8 Å². The van der Waals surface area contributed by atoms with Gasteiger partial charge in [-0.25, -0.2) is 0 Å². The highest BCUT2D eigenvalue weighted by molar-refractivity contribution is 5.95. The maximum Gasteiger partial charge on any atom is 0.255 e. The second kappa shape index (κ2) is 7.47. The fourth-order valence-electron chi connectivity index (χ4n) is 4.89. The molecule has 30 heavy (non-hydrogen) atoms. The summed E-state index contributed by atoms with van der Waals surface area (Å²) in [4.78, 5) is 19.4. The van der Waals surface area contributed by atoms with E-state index in [9.17, 15) is 9.90 Å². The summed E-state index contributed by atoms with van der Waals surface area (Å²) in [5.41, 5.74) is 2.33. The molecule has 0 spiro atoms. The molecule has 0 bridgehead atoms. The first kappa shape index (κ1) is 19.2. The van der Waals surface area contributed by atoms with Gasteiger partial charge >= 0.3 is 0 Å². The van der Waals surface area contributed by atoms with Gasteiger partial charge in [0, 0.05) is 24.8 Å². The molecule has 1 amide bonds. The zero-order valence-corrected chi connectivity index (χ0v) is 17.2. The predicted octanol–water partition coefficient (Wildman–Crippen LogP) is 2.72. The Bertz CT molecular complexity index is 978. The van der Waals surface area contributed by atoms with Gasteiger partial charge < -0.3 is 24.2 Å². The van der Waals surface area contributed by atoms with Crippen molar-refractivity contribution < 1.29 is 24.1 Å². The molecule has 1 saturated carbocycles. The number of aromatic nitrogens is 1. The summed E-state index contributed by atoms with van der Waals surface area (Å²) >= 11 is 0. The second-order valence-electron chi connectivity index (χ2n) is 8.53. The number of aryl methyl sites for hydroxylation is 2. The van der Waals surface area contributed by atoms with Gasteiger partial charge in [0.1, 0.15) is 11.9 Å². The number of aliphatic hydroxyl groups is 1. The highest BCUT2D eigenvalue weighted by Crippen LogP contribution is 2.40. The van der Waals surface area contributed by atoms with Gasteiger partial charge in [0.15, 0.2) is 11.5 Å². The molecule has 1 saturated heterocycles. The van der Waals surface area contributed by atoms with Crippen molar-refractivity contribution in [2.45, 2.75) is 38.9 Å². The van der Waals surface area contributed by atoms with E-state index in [-0.39, 0.29) is 18.8 Å². The Morgan fingerprint density at radius 2 is 1.87 bits per heavy atom. The number of amides is 1. The highest BCUT2D eigenvalue weighted by Gasteiger charge is 2.44. The van der Waals surface area contributed by atoms with Crippen molar-refractivity contribution in [2.24, 2.45) is 11.8 Å². The van der Waals surface area contributed by atoms with Crippen LogP contribution in [0.3, 0.4) is 0 Å². The summed E-state index contributed by atoms with van der Waals surface area (Å²) in [6, 6.07) is 9.21. The van der Waals surface area contributed by atoms with Gasteiger partial charge in [-0.2, -0.15) is 0 Å². The van der Waals surface area contributed by atoms with Crippen LogP contribution >= 0.6 is 0 Å². The van der Waals surface area contributed by atoms with Crippen molar-refractivity contribution in [3.8, 4) is 17.2 Å². The van der Waals surface area contributed by atoms with Crippen LogP contribution in [0.25, 0.3) is 0 Å². The average molecular weight is 410 g/mol. The van der Waals surface area contributed by atoms with E-state index in [4.69, 9.17) is 14.2 Å².